The van der Waals surface area contributed by atoms with Gasteiger partial charge in [-0.05, 0) is 43.9 Å². The van der Waals surface area contributed by atoms with Crippen molar-refractivity contribution >= 4 is 11.9 Å². The first-order valence-corrected chi connectivity index (χ1v) is 11.9. The molecule has 3 saturated heterocycles. The molecule has 3 heterocycles. The summed E-state index contributed by atoms with van der Waals surface area (Å²) in [6.45, 7) is 9.16. The van der Waals surface area contributed by atoms with Crippen LogP contribution in [0.4, 0.5) is 0 Å². The van der Waals surface area contributed by atoms with E-state index >= 15 is 0 Å². The van der Waals surface area contributed by atoms with Gasteiger partial charge in [0.05, 0.1) is 24.7 Å². The third-order valence-electron chi connectivity index (χ3n) is 9.48. The number of esters is 2. The monoisotopic (exact) mass is 436 g/mol. The molecule has 174 valence electrons. The van der Waals surface area contributed by atoms with Crippen molar-refractivity contribution in [3.05, 3.63) is 0 Å². The van der Waals surface area contributed by atoms with Crippen molar-refractivity contribution in [2.45, 2.75) is 90.3 Å². The highest BCUT2D eigenvalue weighted by molar-refractivity contribution is 5.67. The molecular formula is C24H36O7. The Kier molecular flexibility index (Phi) is 5.18. The van der Waals surface area contributed by atoms with E-state index in [0.717, 1.165) is 45.1 Å². The average Bonchev–Trinajstić information content (AvgIpc) is 3.15. The fraction of sp³-hybridized carbons (Fsp3) is 0.917. The number of carbonyl (C=O) groups is 2. The molecule has 5 rings (SSSR count). The van der Waals surface area contributed by atoms with E-state index < -0.39 is 11.0 Å². The van der Waals surface area contributed by atoms with Gasteiger partial charge in [0.15, 0.2) is 6.29 Å². The number of rotatable bonds is 4. The minimum Gasteiger partial charge on any atom is -0.465 e. The fourth-order valence-corrected chi connectivity index (χ4v) is 7.73. The molecule has 31 heavy (non-hydrogen) atoms. The number of ether oxygens (including phenoxy) is 5. The maximum atomic E-state index is 12.1. The fourth-order valence-electron chi connectivity index (χ4n) is 7.73. The van der Waals surface area contributed by atoms with Crippen molar-refractivity contribution in [2.75, 3.05) is 19.8 Å². The molecule has 9 unspecified atom stereocenters. The first-order valence-electron chi connectivity index (χ1n) is 11.9. The number of fused-ring (bicyclic) bond motifs is 3. The van der Waals surface area contributed by atoms with Crippen LogP contribution in [0, 0.1) is 28.6 Å². The molecule has 0 aromatic heterocycles. The number of hydrogen-bond acceptors (Lipinski definition) is 7. The number of carbonyl (C=O) groups excluding carboxylic acids is 2. The lowest BCUT2D eigenvalue weighted by atomic mass is 9.42. The summed E-state index contributed by atoms with van der Waals surface area (Å²) in [4.78, 5) is 24.1. The summed E-state index contributed by atoms with van der Waals surface area (Å²) in [5, 5.41) is 0. The Balaban J connectivity index is 1.57. The molecule has 0 N–H and O–H groups in total. The molecule has 5 aliphatic rings. The molecule has 0 aromatic carbocycles. The second-order valence-electron chi connectivity index (χ2n) is 10.8. The highest BCUT2D eigenvalue weighted by Gasteiger charge is 2.76. The van der Waals surface area contributed by atoms with Crippen molar-refractivity contribution < 1.29 is 33.3 Å². The van der Waals surface area contributed by atoms with Gasteiger partial charge in [-0.25, -0.2) is 0 Å². The third kappa shape index (κ3) is 3.10. The normalized spacial score (nSPS) is 50.6. The van der Waals surface area contributed by atoms with Crippen LogP contribution >= 0.6 is 0 Å². The van der Waals surface area contributed by atoms with Crippen LogP contribution in [0.3, 0.4) is 0 Å². The summed E-state index contributed by atoms with van der Waals surface area (Å²) in [6, 6.07) is 0. The Morgan fingerprint density at radius 1 is 1.13 bits per heavy atom. The van der Waals surface area contributed by atoms with E-state index in [1.165, 1.54) is 13.8 Å². The topological polar surface area (TPSA) is 83.6 Å². The third-order valence-corrected chi connectivity index (χ3v) is 9.48. The average molecular weight is 437 g/mol. The van der Waals surface area contributed by atoms with Gasteiger partial charge in [0.2, 0.25) is 0 Å². The van der Waals surface area contributed by atoms with Crippen molar-refractivity contribution in [1.29, 1.82) is 0 Å². The van der Waals surface area contributed by atoms with Crippen LogP contribution in [0.5, 0.6) is 0 Å². The maximum absolute atomic E-state index is 12.1. The molecule has 1 spiro atoms. The molecule has 2 saturated carbocycles. The van der Waals surface area contributed by atoms with Gasteiger partial charge in [-0.1, -0.05) is 20.3 Å². The van der Waals surface area contributed by atoms with E-state index in [0.29, 0.717) is 12.5 Å². The van der Waals surface area contributed by atoms with Gasteiger partial charge >= 0.3 is 11.9 Å². The maximum Gasteiger partial charge on any atom is 0.302 e. The van der Waals surface area contributed by atoms with Crippen LogP contribution in [-0.2, 0) is 33.3 Å². The van der Waals surface area contributed by atoms with Crippen LogP contribution in [-0.4, -0.2) is 55.9 Å². The second-order valence-corrected chi connectivity index (χ2v) is 10.8. The van der Waals surface area contributed by atoms with E-state index in [-0.39, 0.29) is 54.3 Å². The van der Waals surface area contributed by atoms with Gasteiger partial charge in [-0.2, -0.15) is 0 Å². The lowest BCUT2D eigenvalue weighted by molar-refractivity contribution is -0.255. The lowest BCUT2D eigenvalue weighted by Gasteiger charge is -2.64. The zero-order valence-corrected chi connectivity index (χ0v) is 19.2. The number of epoxide rings is 1. The van der Waals surface area contributed by atoms with Crippen LogP contribution in [0.1, 0.15) is 66.2 Å². The van der Waals surface area contributed by atoms with Gasteiger partial charge in [-0.3, -0.25) is 9.59 Å². The summed E-state index contributed by atoms with van der Waals surface area (Å²) < 4.78 is 30.3. The van der Waals surface area contributed by atoms with Crippen molar-refractivity contribution in [2.24, 2.45) is 28.6 Å². The standard InChI is InChI=1S/C24H36O7/c1-14-10-20(30-16(3)26)24(13-28-15(2)25)18(6-5-8-23(24)12-29-23)22(14,4)19-11-17-7-9-27-21(17)31-19/h14,17-21H,5-13H2,1-4H3. The molecule has 7 nitrogen and oxygen atoms in total. The quantitative estimate of drug-likeness (QED) is 0.494. The first-order chi connectivity index (χ1) is 14.7. The van der Waals surface area contributed by atoms with Gasteiger partial charge in [0, 0.05) is 25.2 Å². The Morgan fingerprint density at radius 2 is 1.90 bits per heavy atom. The van der Waals surface area contributed by atoms with E-state index in [4.69, 9.17) is 23.7 Å². The van der Waals surface area contributed by atoms with Gasteiger partial charge in [0.25, 0.3) is 0 Å². The summed E-state index contributed by atoms with van der Waals surface area (Å²) in [5.41, 5.74) is -1.09. The van der Waals surface area contributed by atoms with Crippen LogP contribution in [0.25, 0.3) is 0 Å². The Labute approximate surface area is 184 Å². The van der Waals surface area contributed by atoms with E-state index in [9.17, 15) is 9.59 Å². The van der Waals surface area contributed by atoms with Crippen molar-refractivity contribution in [3.63, 3.8) is 0 Å². The molecule has 7 heteroatoms. The Hall–Kier alpha value is -1.18. The molecule has 0 amide bonds. The molecular weight excluding hydrogens is 400 g/mol. The van der Waals surface area contributed by atoms with Gasteiger partial charge in [0.1, 0.15) is 18.3 Å². The minimum atomic E-state index is -0.550. The van der Waals surface area contributed by atoms with Crippen LogP contribution in [0.2, 0.25) is 0 Å². The molecule has 0 bridgehead atoms. The highest BCUT2D eigenvalue weighted by Crippen LogP contribution is 2.70. The summed E-state index contributed by atoms with van der Waals surface area (Å²) in [5.74, 6) is 0.301. The lowest BCUT2D eigenvalue weighted by Crippen LogP contribution is -2.69. The largest absolute Gasteiger partial charge is 0.465 e. The summed E-state index contributed by atoms with van der Waals surface area (Å²) >= 11 is 0. The molecule has 2 aliphatic carbocycles. The molecule has 9 atom stereocenters. The highest BCUT2D eigenvalue weighted by atomic mass is 16.7. The van der Waals surface area contributed by atoms with Gasteiger partial charge in [-0.15, -0.1) is 0 Å². The zero-order valence-electron chi connectivity index (χ0n) is 19.2. The van der Waals surface area contributed by atoms with Crippen LogP contribution < -0.4 is 0 Å². The van der Waals surface area contributed by atoms with Crippen molar-refractivity contribution in [3.8, 4) is 0 Å². The predicted octanol–water partition coefficient (Wildman–Crippen LogP) is 3.23. The van der Waals surface area contributed by atoms with Crippen molar-refractivity contribution in [1.82, 2.24) is 0 Å². The predicted molar refractivity (Wildman–Crippen MR) is 110 cm³/mol. The van der Waals surface area contributed by atoms with Crippen LogP contribution in [0.15, 0.2) is 0 Å². The second kappa shape index (κ2) is 7.42. The summed E-state index contributed by atoms with van der Waals surface area (Å²) in [6.07, 6.45) is 5.36. The zero-order chi connectivity index (χ0) is 22.0. The van der Waals surface area contributed by atoms with Gasteiger partial charge < -0.3 is 23.7 Å². The molecule has 0 radical (unpaired) electrons. The van der Waals surface area contributed by atoms with E-state index in [1.807, 2.05) is 0 Å². The Morgan fingerprint density at radius 3 is 2.55 bits per heavy atom. The summed E-state index contributed by atoms with van der Waals surface area (Å²) in [7, 11) is 0. The van der Waals surface area contributed by atoms with E-state index in [2.05, 4.69) is 13.8 Å². The van der Waals surface area contributed by atoms with E-state index in [1.54, 1.807) is 0 Å². The molecule has 0 aromatic rings. The minimum absolute atomic E-state index is 0.0756. The number of hydrogen-bond donors (Lipinski definition) is 0. The SMILES string of the molecule is CC(=O)OCC12C(OC(C)=O)CC(C)C(C)(C3CC4CCOC4O3)C1CCCC21CO1. The Bertz CT molecular complexity index is 736. The smallest absolute Gasteiger partial charge is 0.302 e. The molecule has 5 fully saturated rings. The first kappa shape index (κ1) is 21.7. The molecule has 3 aliphatic heterocycles.